The third-order valence-corrected chi connectivity index (χ3v) is 4.94. The molecule has 2 unspecified atom stereocenters. The molecule has 0 aliphatic carbocycles. The second kappa shape index (κ2) is 7.81. The van der Waals surface area contributed by atoms with Crippen molar-refractivity contribution in [1.82, 2.24) is 5.32 Å². The summed E-state index contributed by atoms with van der Waals surface area (Å²) in [7, 11) is 0. The Morgan fingerprint density at radius 3 is 2.83 bits per heavy atom. The van der Waals surface area contributed by atoms with Crippen LogP contribution in [0.15, 0.2) is 53.4 Å². The largest absolute Gasteiger partial charge is 0.491 e. The van der Waals surface area contributed by atoms with Crippen molar-refractivity contribution in [3.05, 3.63) is 59.9 Å². The van der Waals surface area contributed by atoms with Crippen LogP contribution in [0, 0.1) is 5.82 Å². The fourth-order valence-corrected chi connectivity index (χ4v) is 3.74. The van der Waals surface area contributed by atoms with Gasteiger partial charge in [0.15, 0.2) is 0 Å². The van der Waals surface area contributed by atoms with E-state index in [9.17, 15) is 9.50 Å². The second-order valence-electron chi connectivity index (χ2n) is 5.55. The SMILES string of the molecule is OC(CNC1CCSc2ccccc21)COc1ccc(F)cc1. The molecule has 0 amide bonds. The van der Waals surface area contributed by atoms with Crippen LogP contribution < -0.4 is 10.1 Å². The maximum absolute atomic E-state index is 12.8. The topological polar surface area (TPSA) is 41.5 Å². The number of hydrogen-bond acceptors (Lipinski definition) is 4. The van der Waals surface area contributed by atoms with Crippen molar-refractivity contribution in [3.63, 3.8) is 0 Å². The molecule has 0 bridgehead atoms. The van der Waals surface area contributed by atoms with Crippen LogP contribution in [0.25, 0.3) is 0 Å². The molecule has 0 fully saturated rings. The van der Waals surface area contributed by atoms with Crippen LogP contribution in [-0.2, 0) is 0 Å². The number of ether oxygens (including phenoxy) is 1. The third-order valence-electron chi connectivity index (χ3n) is 3.81. The van der Waals surface area contributed by atoms with E-state index in [0.29, 0.717) is 12.3 Å². The molecule has 3 rings (SSSR count). The number of aliphatic hydroxyl groups is 1. The van der Waals surface area contributed by atoms with Crippen LogP contribution in [-0.4, -0.2) is 30.1 Å². The molecule has 5 heteroatoms. The van der Waals surface area contributed by atoms with Gasteiger partial charge in [0.25, 0.3) is 0 Å². The smallest absolute Gasteiger partial charge is 0.123 e. The molecular formula is C18H20FNO2S. The molecule has 2 N–H and O–H groups in total. The maximum atomic E-state index is 12.8. The van der Waals surface area contributed by atoms with E-state index in [1.165, 1.54) is 22.6 Å². The molecule has 0 radical (unpaired) electrons. The van der Waals surface area contributed by atoms with E-state index in [2.05, 4.69) is 23.5 Å². The number of halogens is 1. The fraction of sp³-hybridized carbons (Fsp3) is 0.333. The summed E-state index contributed by atoms with van der Waals surface area (Å²) < 4.78 is 18.3. The highest BCUT2D eigenvalue weighted by Gasteiger charge is 2.20. The van der Waals surface area contributed by atoms with Crippen LogP contribution in [0.1, 0.15) is 18.0 Å². The molecule has 0 saturated carbocycles. The number of thioether (sulfide) groups is 1. The molecule has 2 aromatic carbocycles. The first-order valence-corrected chi connectivity index (χ1v) is 8.72. The molecule has 0 spiro atoms. The number of fused-ring (bicyclic) bond motifs is 1. The van der Waals surface area contributed by atoms with E-state index in [-0.39, 0.29) is 18.5 Å². The van der Waals surface area contributed by atoms with Gasteiger partial charge in [-0.15, -0.1) is 11.8 Å². The van der Waals surface area contributed by atoms with Crippen LogP contribution in [0.5, 0.6) is 5.75 Å². The van der Waals surface area contributed by atoms with Gasteiger partial charge in [-0.1, -0.05) is 18.2 Å². The summed E-state index contributed by atoms with van der Waals surface area (Å²) >= 11 is 1.88. The summed E-state index contributed by atoms with van der Waals surface area (Å²) in [4.78, 5) is 1.31. The average molecular weight is 333 g/mol. The number of hydrogen-bond donors (Lipinski definition) is 2. The highest BCUT2D eigenvalue weighted by molar-refractivity contribution is 7.99. The minimum atomic E-state index is -0.609. The Bertz CT molecular complexity index is 635. The van der Waals surface area contributed by atoms with E-state index in [1.807, 2.05) is 17.8 Å². The summed E-state index contributed by atoms with van der Waals surface area (Å²) in [6, 6.07) is 14.5. The van der Waals surface area contributed by atoms with E-state index >= 15 is 0 Å². The molecule has 1 aliphatic heterocycles. The van der Waals surface area contributed by atoms with E-state index in [0.717, 1.165) is 12.2 Å². The summed E-state index contributed by atoms with van der Waals surface area (Å²) in [6.07, 6.45) is 0.439. The minimum Gasteiger partial charge on any atom is -0.491 e. The second-order valence-corrected chi connectivity index (χ2v) is 6.69. The molecule has 23 heavy (non-hydrogen) atoms. The molecule has 1 heterocycles. The molecule has 2 aromatic rings. The molecule has 3 nitrogen and oxygen atoms in total. The van der Waals surface area contributed by atoms with Gasteiger partial charge in [0, 0.05) is 17.5 Å². The number of aliphatic hydroxyl groups excluding tert-OH is 1. The van der Waals surface area contributed by atoms with Crippen LogP contribution in [0.4, 0.5) is 4.39 Å². The molecule has 0 aromatic heterocycles. The standard InChI is InChI=1S/C18H20FNO2S/c19-13-5-7-15(8-6-13)22-12-14(21)11-20-17-9-10-23-18-4-2-1-3-16(17)18/h1-8,14,17,20-21H,9-12H2. The number of benzene rings is 2. The fourth-order valence-electron chi connectivity index (χ4n) is 2.61. The van der Waals surface area contributed by atoms with Crippen molar-refractivity contribution >= 4 is 11.8 Å². The van der Waals surface area contributed by atoms with Gasteiger partial charge in [0.1, 0.15) is 24.3 Å². The molecule has 0 saturated heterocycles. The zero-order valence-corrected chi connectivity index (χ0v) is 13.6. The zero-order chi connectivity index (χ0) is 16.1. The van der Waals surface area contributed by atoms with Gasteiger partial charge in [-0.2, -0.15) is 0 Å². The Balaban J connectivity index is 1.48. The number of rotatable bonds is 6. The van der Waals surface area contributed by atoms with Crippen molar-refractivity contribution in [2.45, 2.75) is 23.5 Å². The predicted octanol–water partition coefficient (Wildman–Crippen LogP) is 3.39. The monoisotopic (exact) mass is 333 g/mol. The predicted molar refractivity (Wildman–Crippen MR) is 90.4 cm³/mol. The lowest BCUT2D eigenvalue weighted by molar-refractivity contribution is 0.103. The lowest BCUT2D eigenvalue weighted by Crippen LogP contribution is -2.35. The van der Waals surface area contributed by atoms with Gasteiger partial charge in [0.05, 0.1) is 0 Å². The van der Waals surface area contributed by atoms with E-state index < -0.39 is 6.10 Å². The first-order chi connectivity index (χ1) is 11.2. The van der Waals surface area contributed by atoms with Crippen molar-refractivity contribution in [1.29, 1.82) is 0 Å². The average Bonchev–Trinajstić information content (AvgIpc) is 2.59. The summed E-state index contributed by atoms with van der Waals surface area (Å²) in [5.74, 6) is 1.34. The lowest BCUT2D eigenvalue weighted by Gasteiger charge is -2.27. The zero-order valence-electron chi connectivity index (χ0n) is 12.7. The van der Waals surface area contributed by atoms with Gasteiger partial charge in [-0.3, -0.25) is 0 Å². The first-order valence-electron chi connectivity index (χ1n) is 7.74. The number of nitrogens with one attached hydrogen (secondary N) is 1. The van der Waals surface area contributed by atoms with Gasteiger partial charge in [-0.25, -0.2) is 4.39 Å². The maximum Gasteiger partial charge on any atom is 0.123 e. The summed E-state index contributed by atoms with van der Waals surface area (Å²) in [5.41, 5.74) is 1.30. The normalized spacial score (nSPS) is 18.3. The van der Waals surface area contributed by atoms with Crippen LogP contribution in [0.2, 0.25) is 0 Å². The van der Waals surface area contributed by atoms with E-state index in [4.69, 9.17) is 4.74 Å². The minimum absolute atomic E-state index is 0.182. The van der Waals surface area contributed by atoms with Gasteiger partial charge in [0.2, 0.25) is 0 Å². The van der Waals surface area contributed by atoms with Gasteiger partial charge in [-0.05, 0) is 48.1 Å². The van der Waals surface area contributed by atoms with Crippen molar-refractivity contribution in [2.75, 3.05) is 18.9 Å². The highest BCUT2D eigenvalue weighted by Crippen LogP contribution is 2.35. The lowest BCUT2D eigenvalue weighted by atomic mass is 10.0. The van der Waals surface area contributed by atoms with Crippen molar-refractivity contribution in [3.8, 4) is 5.75 Å². The van der Waals surface area contributed by atoms with Crippen LogP contribution >= 0.6 is 11.8 Å². The highest BCUT2D eigenvalue weighted by atomic mass is 32.2. The van der Waals surface area contributed by atoms with Gasteiger partial charge < -0.3 is 15.2 Å². The Labute approximate surface area is 139 Å². The quantitative estimate of drug-likeness (QED) is 0.850. The Morgan fingerprint density at radius 1 is 1.22 bits per heavy atom. The van der Waals surface area contributed by atoms with Crippen molar-refractivity contribution < 1.29 is 14.2 Å². The molecule has 2 atom stereocenters. The summed E-state index contributed by atoms with van der Waals surface area (Å²) in [5, 5.41) is 13.5. The molecular weight excluding hydrogens is 313 g/mol. The van der Waals surface area contributed by atoms with E-state index in [1.54, 1.807) is 12.1 Å². The van der Waals surface area contributed by atoms with Crippen molar-refractivity contribution in [2.24, 2.45) is 0 Å². The van der Waals surface area contributed by atoms with Crippen LogP contribution in [0.3, 0.4) is 0 Å². The Hall–Kier alpha value is -1.56. The third kappa shape index (κ3) is 4.47. The first kappa shape index (κ1) is 16.3. The molecule has 122 valence electrons. The Kier molecular flexibility index (Phi) is 5.54. The van der Waals surface area contributed by atoms with Gasteiger partial charge >= 0.3 is 0 Å². The summed E-state index contributed by atoms with van der Waals surface area (Å²) in [6.45, 7) is 0.645. The molecule has 1 aliphatic rings. The Morgan fingerprint density at radius 2 is 2.00 bits per heavy atom.